The molecule has 8 heteroatoms. The van der Waals surface area contributed by atoms with Crippen LogP contribution in [0, 0.1) is 6.92 Å². The molecule has 0 bridgehead atoms. The van der Waals surface area contributed by atoms with E-state index in [0.29, 0.717) is 12.4 Å². The van der Waals surface area contributed by atoms with E-state index < -0.39 is 0 Å². The molecule has 4 rings (SSSR count). The molecular weight excluding hydrogens is 548 g/mol. The van der Waals surface area contributed by atoms with Crippen LogP contribution in [0.1, 0.15) is 84.0 Å². The van der Waals surface area contributed by atoms with E-state index >= 15 is 0 Å². The van der Waals surface area contributed by atoms with Gasteiger partial charge >= 0.3 is 0 Å². The van der Waals surface area contributed by atoms with Crippen molar-refractivity contribution in [2.75, 3.05) is 56.8 Å². The van der Waals surface area contributed by atoms with Crippen molar-refractivity contribution in [2.45, 2.75) is 79.6 Å². The summed E-state index contributed by atoms with van der Waals surface area (Å²) >= 11 is 0. The first kappa shape index (κ1) is 33.2. The molecule has 0 saturated carbocycles. The highest BCUT2D eigenvalue weighted by Crippen LogP contribution is 2.33. The Morgan fingerprint density at radius 2 is 1.57 bits per heavy atom. The van der Waals surface area contributed by atoms with Gasteiger partial charge in [0.15, 0.2) is 11.5 Å². The molecule has 0 radical (unpaired) electrons. The van der Waals surface area contributed by atoms with Gasteiger partial charge in [0.25, 0.3) is 0 Å². The van der Waals surface area contributed by atoms with Gasteiger partial charge in [-0.25, -0.2) is 0 Å². The van der Waals surface area contributed by atoms with E-state index in [2.05, 4.69) is 99.8 Å². The molecule has 4 aromatic rings. The number of anilines is 2. The van der Waals surface area contributed by atoms with Crippen LogP contribution in [0.15, 0.2) is 36.4 Å². The molecule has 2 heterocycles. The molecule has 2 aromatic heterocycles. The topological polar surface area (TPSA) is 68.0 Å². The van der Waals surface area contributed by atoms with Gasteiger partial charge in [-0.05, 0) is 74.7 Å². The lowest BCUT2D eigenvalue weighted by atomic mass is 9.90. The van der Waals surface area contributed by atoms with Crippen LogP contribution in [0.4, 0.5) is 11.4 Å². The Morgan fingerprint density at radius 1 is 0.864 bits per heavy atom. The van der Waals surface area contributed by atoms with Crippen molar-refractivity contribution in [2.24, 2.45) is 0 Å². The van der Waals surface area contributed by atoms with Crippen molar-refractivity contribution in [3.63, 3.8) is 0 Å². The second-order valence-corrected chi connectivity index (χ2v) is 12.6. The fourth-order valence-electron chi connectivity index (χ4n) is 5.77. The quantitative estimate of drug-likeness (QED) is 0.139. The van der Waals surface area contributed by atoms with E-state index in [1.165, 1.54) is 36.9 Å². The summed E-state index contributed by atoms with van der Waals surface area (Å²) in [6.45, 7) is 19.8. The molecule has 238 valence electrons. The van der Waals surface area contributed by atoms with Crippen molar-refractivity contribution >= 4 is 23.1 Å². The molecule has 0 aliphatic carbocycles. The number of unbranched alkanes of at least 4 members (excludes halogenated alkanes) is 3. The van der Waals surface area contributed by atoms with Gasteiger partial charge in [-0.3, -0.25) is 0 Å². The molecule has 0 spiro atoms. The Morgan fingerprint density at radius 3 is 2.20 bits per heavy atom. The number of likely N-dealkylation sites (N-methyl/N-ethyl adjacent to an activating group) is 1. The van der Waals surface area contributed by atoms with Gasteiger partial charge in [-0.2, -0.15) is 9.61 Å². The van der Waals surface area contributed by atoms with Crippen LogP contribution in [-0.4, -0.2) is 66.8 Å². The van der Waals surface area contributed by atoms with Crippen LogP contribution < -0.4 is 19.8 Å². The number of nitrogens with zero attached hydrogens (tertiary/aromatic N) is 6. The highest BCUT2D eigenvalue weighted by Gasteiger charge is 2.25. The van der Waals surface area contributed by atoms with E-state index in [-0.39, 0.29) is 5.41 Å². The van der Waals surface area contributed by atoms with Crippen molar-refractivity contribution in [3.8, 4) is 17.1 Å². The van der Waals surface area contributed by atoms with Gasteiger partial charge < -0.3 is 19.3 Å². The molecule has 0 unspecified atom stereocenters. The minimum absolute atomic E-state index is 0.194. The molecule has 0 fully saturated rings. The molecule has 2 aromatic carbocycles. The summed E-state index contributed by atoms with van der Waals surface area (Å²) in [6.07, 6.45) is 7.16. The molecule has 0 saturated heterocycles. The Bertz CT molecular complexity index is 1570. The first-order chi connectivity index (χ1) is 21.2. The third kappa shape index (κ3) is 7.34. The molecule has 0 atom stereocenters. The van der Waals surface area contributed by atoms with E-state index in [1.807, 2.05) is 10.6 Å². The van der Waals surface area contributed by atoms with Gasteiger partial charge in [-0.15, -0.1) is 10.2 Å². The second-order valence-electron chi connectivity index (χ2n) is 12.6. The number of methoxy groups -OCH3 is 2. The number of benzene rings is 2. The van der Waals surface area contributed by atoms with Crippen LogP contribution in [0.3, 0.4) is 0 Å². The molecular formula is C36H52N6O2. The minimum Gasteiger partial charge on any atom is -0.496 e. The Hall–Kier alpha value is -3.65. The first-order valence-corrected chi connectivity index (χ1v) is 16.2. The van der Waals surface area contributed by atoms with Crippen LogP contribution in [-0.2, 0) is 10.2 Å². The Labute approximate surface area is 264 Å². The van der Waals surface area contributed by atoms with E-state index in [1.54, 1.807) is 14.2 Å². The summed E-state index contributed by atoms with van der Waals surface area (Å²) in [4.78, 5) is 4.76. The maximum atomic E-state index is 5.83. The van der Waals surface area contributed by atoms with E-state index in [4.69, 9.17) is 19.7 Å². The predicted molar refractivity (Wildman–Crippen MR) is 183 cm³/mol. The zero-order valence-electron chi connectivity index (χ0n) is 28.4. The number of fused-ring (bicyclic) bond motifs is 1. The maximum absolute atomic E-state index is 5.83. The lowest BCUT2D eigenvalue weighted by Crippen LogP contribution is -2.26. The zero-order valence-corrected chi connectivity index (χ0v) is 28.4. The standard InChI is InChI=1S/C36H52N6O2/c1-10-13-14-15-20-40(11-2)29-18-19-32(44-9)30(25-29)34-37-38-35-31(33(36(5,6)7)39-42(34)35)24-27-16-17-28(23-26(27)4)41(12-3)21-22-43-8/h16-19,23-25H,10-15,20-22H2,1-9H3/b31-24-. The van der Waals surface area contributed by atoms with Crippen molar-refractivity contribution in [3.05, 3.63) is 58.4 Å². The molecule has 0 N–H and O–H groups in total. The average molecular weight is 601 g/mol. The summed E-state index contributed by atoms with van der Waals surface area (Å²) in [5.74, 6) is 1.45. The Balaban J connectivity index is 1.80. The number of aryl methyl sites for hydroxylation is 1. The molecule has 0 aliphatic rings. The zero-order chi connectivity index (χ0) is 31.9. The summed E-state index contributed by atoms with van der Waals surface area (Å²) in [6, 6.07) is 13.0. The van der Waals surface area contributed by atoms with E-state index in [0.717, 1.165) is 65.3 Å². The van der Waals surface area contributed by atoms with Crippen LogP contribution >= 0.6 is 0 Å². The summed E-state index contributed by atoms with van der Waals surface area (Å²) < 4.78 is 13.1. The summed E-state index contributed by atoms with van der Waals surface area (Å²) in [5, 5.41) is 15.5. The minimum atomic E-state index is -0.194. The molecule has 0 aliphatic heterocycles. The van der Waals surface area contributed by atoms with Gasteiger partial charge in [0.1, 0.15) is 5.75 Å². The lowest BCUT2D eigenvalue weighted by molar-refractivity contribution is 0.205. The maximum Gasteiger partial charge on any atom is 0.189 e. The molecule has 0 amide bonds. The largest absolute Gasteiger partial charge is 0.496 e. The highest BCUT2D eigenvalue weighted by molar-refractivity contribution is 5.73. The summed E-state index contributed by atoms with van der Waals surface area (Å²) in [7, 11) is 3.45. The molecule has 8 nitrogen and oxygen atoms in total. The van der Waals surface area contributed by atoms with Crippen molar-refractivity contribution < 1.29 is 9.47 Å². The predicted octanol–water partition coefficient (Wildman–Crippen LogP) is 6.83. The number of ether oxygens (including phenoxy) is 2. The number of aromatic nitrogens is 4. The Kier molecular flexibility index (Phi) is 11.2. The third-order valence-corrected chi connectivity index (χ3v) is 8.36. The normalized spacial score (nSPS) is 12.3. The number of rotatable bonds is 15. The van der Waals surface area contributed by atoms with Crippen molar-refractivity contribution in [1.29, 1.82) is 0 Å². The van der Waals surface area contributed by atoms with Gasteiger partial charge in [-0.1, -0.05) is 53.0 Å². The monoisotopic (exact) mass is 600 g/mol. The first-order valence-electron chi connectivity index (χ1n) is 16.2. The lowest BCUT2D eigenvalue weighted by Gasteiger charge is -2.24. The highest BCUT2D eigenvalue weighted by atomic mass is 16.5. The SMILES string of the molecule is CCCCCCN(CC)c1ccc(OC)c(-c2nnc3/c(=C\c4ccc(N(CC)CCOC)cc4C)c(C(C)(C)C)nn23)c1. The van der Waals surface area contributed by atoms with Gasteiger partial charge in [0, 0.05) is 55.3 Å². The summed E-state index contributed by atoms with van der Waals surface area (Å²) in [5.41, 5.74) is 7.14. The second kappa shape index (κ2) is 14.9. The molecule has 44 heavy (non-hydrogen) atoms. The van der Waals surface area contributed by atoms with Crippen LogP contribution in [0.25, 0.3) is 23.1 Å². The smallest absolute Gasteiger partial charge is 0.189 e. The number of hydrogen-bond donors (Lipinski definition) is 0. The fourth-order valence-corrected chi connectivity index (χ4v) is 5.77. The van der Waals surface area contributed by atoms with E-state index in [9.17, 15) is 0 Å². The van der Waals surface area contributed by atoms with Crippen molar-refractivity contribution in [1.82, 2.24) is 19.8 Å². The number of hydrogen-bond acceptors (Lipinski definition) is 7. The van der Waals surface area contributed by atoms with Crippen LogP contribution in [0.5, 0.6) is 5.75 Å². The fraction of sp³-hybridized carbons (Fsp3) is 0.528. The van der Waals surface area contributed by atoms with Gasteiger partial charge in [0.05, 0.1) is 25.0 Å². The van der Waals surface area contributed by atoms with Crippen LogP contribution in [0.2, 0.25) is 0 Å². The van der Waals surface area contributed by atoms with Gasteiger partial charge in [0.2, 0.25) is 0 Å². The third-order valence-electron chi connectivity index (χ3n) is 8.36. The average Bonchev–Trinajstić information content (AvgIpc) is 3.59.